The maximum absolute atomic E-state index is 11.7. The van der Waals surface area contributed by atoms with Crippen molar-refractivity contribution in [2.24, 2.45) is 0 Å². The summed E-state index contributed by atoms with van der Waals surface area (Å²) in [5, 5.41) is 10.8. The fraction of sp³-hybridized carbons (Fsp3) is 0.154. The number of pyridine rings is 1. The van der Waals surface area contributed by atoms with Gasteiger partial charge in [-0.25, -0.2) is 4.79 Å². The van der Waals surface area contributed by atoms with Gasteiger partial charge >= 0.3 is 5.97 Å². The number of hydrogen-bond donors (Lipinski definition) is 1. The van der Waals surface area contributed by atoms with Crippen LogP contribution in [0.2, 0.25) is 0 Å². The highest BCUT2D eigenvalue weighted by atomic mass is 16.5. The van der Waals surface area contributed by atoms with Crippen LogP contribution in [0, 0.1) is 0 Å². The highest BCUT2D eigenvalue weighted by molar-refractivity contribution is 5.91. The Bertz CT molecular complexity index is 1210. The lowest BCUT2D eigenvalue weighted by Crippen LogP contribution is -1.98. The van der Waals surface area contributed by atoms with Gasteiger partial charge in [0.25, 0.3) is 0 Å². The number of esters is 1. The maximum atomic E-state index is 11.7. The van der Waals surface area contributed by atoms with Crippen molar-refractivity contribution in [3.63, 3.8) is 0 Å². The molecule has 0 bridgehead atoms. The molecule has 0 aliphatic carbocycles. The molecule has 0 aliphatic heterocycles. The Kier molecular flexibility index (Phi) is 6.13. The SMILES string of the molecule is CCOC(=O)C=Cc1ccc2c(c1)c(CCc1ccccn1)cn2-c1ccc(O)cc1. The molecule has 0 unspecified atom stereocenters. The second-order valence-electron chi connectivity index (χ2n) is 7.22. The highest BCUT2D eigenvalue weighted by Crippen LogP contribution is 2.28. The van der Waals surface area contributed by atoms with Crippen molar-refractivity contribution in [1.29, 1.82) is 0 Å². The van der Waals surface area contributed by atoms with Gasteiger partial charge in [0.15, 0.2) is 0 Å². The van der Waals surface area contributed by atoms with Crippen molar-refractivity contribution in [3.05, 3.63) is 96.0 Å². The number of nitrogens with zero attached hydrogens (tertiary/aromatic N) is 2. The monoisotopic (exact) mass is 412 g/mol. The van der Waals surface area contributed by atoms with E-state index in [1.807, 2.05) is 42.6 Å². The number of aromatic hydroxyl groups is 1. The number of benzene rings is 2. The van der Waals surface area contributed by atoms with Crippen molar-refractivity contribution in [2.75, 3.05) is 6.61 Å². The van der Waals surface area contributed by atoms with Gasteiger partial charge in [-0.05, 0) is 85.5 Å². The first kappa shape index (κ1) is 20.4. The summed E-state index contributed by atoms with van der Waals surface area (Å²) in [5.74, 6) is -0.110. The van der Waals surface area contributed by atoms with E-state index in [9.17, 15) is 9.90 Å². The zero-order chi connectivity index (χ0) is 21.6. The summed E-state index contributed by atoms with van der Waals surface area (Å²) < 4.78 is 7.10. The zero-order valence-electron chi connectivity index (χ0n) is 17.4. The van der Waals surface area contributed by atoms with Gasteiger partial charge in [0.05, 0.1) is 12.1 Å². The number of aromatic nitrogens is 2. The summed E-state index contributed by atoms with van der Waals surface area (Å²) >= 11 is 0. The minimum absolute atomic E-state index is 0.238. The minimum Gasteiger partial charge on any atom is -0.508 e. The van der Waals surface area contributed by atoms with Crippen LogP contribution in [0.3, 0.4) is 0 Å². The van der Waals surface area contributed by atoms with Gasteiger partial charge in [-0.3, -0.25) is 4.98 Å². The van der Waals surface area contributed by atoms with Gasteiger partial charge in [-0.2, -0.15) is 0 Å². The van der Waals surface area contributed by atoms with Crippen molar-refractivity contribution in [1.82, 2.24) is 9.55 Å². The molecule has 4 aromatic rings. The fourth-order valence-electron chi connectivity index (χ4n) is 3.61. The minimum atomic E-state index is -0.348. The molecule has 0 spiro atoms. The number of hydrogen-bond acceptors (Lipinski definition) is 4. The number of fused-ring (bicyclic) bond motifs is 1. The van der Waals surface area contributed by atoms with Crippen LogP contribution in [0.1, 0.15) is 23.7 Å². The first-order valence-electron chi connectivity index (χ1n) is 10.3. The molecule has 31 heavy (non-hydrogen) atoms. The number of phenolic OH excluding ortho intramolecular Hbond substituents is 1. The molecule has 5 nitrogen and oxygen atoms in total. The van der Waals surface area contributed by atoms with Crippen LogP contribution in [0.4, 0.5) is 0 Å². The molecular formula is C26H24N2O3. The van der Waals surface area contributed by atoms with Crippen LogP contribution in [0.15, 0.2) is 79.1 Å². The normalized spacial score (nSPS) is 11.3. The number of ether oxygens (including phenoxy) is 1. The summed E-state index contributed by atoms with van der Waals surface area (Å²) in [5.41, 5.74) is 5.21. The van der Waals surface area contributed by atoms with Gasteiger partial charge in [0.2, 0.25) is 0 Å². The second kappa shape index (κ2) is 9.30. The van der Waals surface area contributed by atoms with E-state index in [0.29, 0.717) is 6.61 Å². The van der Waals surface area contributed by atoms with Crippen LogP contribution in [-0.4, -0.2) is 27.2 Å². The maximum Gasteiger partial charge on any atom is 0.330 e. The molecule has 0 saturated heterocycles. The number of carbonyl (C=O) groups excluding carboxylic acids is 1. The summed E-state index contributed by atoms with van der Waals surface area (Å²) in [6, 6.07) is 19.2. The van der Waals surface area contributed by atoms with E-state index in [1.165, 1.54) is 11.6 Å². The van der Waals surface area contributed by atoms with E-state index in [4.69, 9.17) is 4.74 Å². The lowest BCUT2D eigenvalue weighted by Gasteiger charge is -2.06. The van der Waals surface area contributed by atoms with Gasteiger partial charge in [0, 0.05) is 35.2 Å². The molecule has 156 valence electrons. The lowest BCUT2D eigenvalue weighted by molar-refractivity contribution is -0.137. The molecule has 4 rings (SSSR count). The molecular weight excluding hydrogens is 388 g/mol. The standard InChI is InChI=1S/C26H24N2O3/c1-2-31-26(30)15-7-19-6-14-25-24(17-19)20(8-9-21-5-3-4-16-27-21)18-28(25)22-10-12-23(29)13-11-22/h3-7,10-18,29H,2,8-9H2,1H3. The molecule has 0 amide bonds. The molecule has 1 N–H and O–H groups in total. The van der Waals surface area contributed by atoms with E-state index in [1.54, 1.807) is 25.1 Å². The third kappa shape index (κ3) is 4.83. The Morgan fingerprint density at radius 3 is 2.68 bits per heavy atom. The summed E-state index contributed by atoms with van der Waals surface area (Å²) in [6.45, 7) is 2.15. The third-order valence-electron chi connectivity index (χ3n) is 5.11. The predicted molar refractivity (Wildman–Crippen MR) is 122 cm³/mol. The number of carbonyl (C=O) groups is 1. The Morgan fingerprint density at radius 1 is 1.10 bits per heavy atom. The number of rotatable bonds is 7. The van der Waals surface area contributed by atoms with Crippen molar-refractivity contribution >= 4 is 22.9 Å². The highest BCUT2D eigenvalue weighted by Gasteiger charge is 2.11. The number of phenols is 1. The Hall–Kier alpha value is -3.86. The molecule has 0 fully saturated rings. The van der Waals surface area contributed by atoms with Crippen molar-refractivity contribution in [2.45, 2.75) is 19.8 Å². The lowest BCUT2D eigenvalue weighted by atomic mass is 10.0. The first-order valence-corrected chi connectivity index (χ1v) is 10.3. The van der Waals surface area contributed by atoms with Gasteiger partial charge in [0.1, 0.15) is 5.75 Å². The van der Waals surface area contributed by atoms with Gasteiger partial charge in [-0.1, -0.05) is 12.1 Å². The van der Waals surface area contributed by atoms with E-state index in [-0.39, 0.29) is 11.7 Å². The molecule has 0 aliphatic rings. The van der Waals surface area contributed by atoms with E-state index >= 15 is 0 Å². The molecule has 2 aromatic heterocycles. The van der Waals surface area contributed by atoms with E-state index in [0.717, 1.165) is 40.7 Å². The fourth-order valence-corrected chi connectivity index (χ4v) is 3.61. The van der Waals surface area contributed by atoms with Crippen LogP contribution in [-0.2, 0) is 22.4 Å². The molecule has 0 saturated carbocycles. The predicted octanol–water partition coefficient (Wildman–Crippen LogP) is 5.09. The average molecular weight is 412 g/mol. The molecule has 5 heteroatoms. The van der Waals surface area contributed by atoms with Crippen LogP contribution in [0.5, 0.6) is 5.75 Å². The molecule has 2 heterocycles. The third-order valence-corrected chi connectivity index (χ3v) is 5.11. The zero-order valence-corrected chi connectivity index (χ0v) is 17.4. The molecule has 2 aromatic carbocycles. The van der Waals surface area contributed by atoms with Crippen LogP contribution >= 0.6 is 0 Å². The Balaban J connectivity index is 1.72. The average Bonchev–Trinajstić information content (AvgIpc) is 3.15. The van der Waals surface area contributed by atoms with Crippen molar-refractivity contribution < 1.29 is 14.6 Å². The van der Waals surface area contributed by atoms with Crippen molar-refractivity contribution in [3.8, 4) is 11.4 Å². The summed E-state index contributed by atoms with van der Waals surface area (Å²) in [7, 11) is 0. The van der Waals surface area contributed by atoms with E-state index in [2.05, 4.69) is 27.9 Å². The number of aryl methyl sites for hydroxylation is 2. The first-order chi connectivity index (χ1) is 15.1. The van der Waals surface area contributed by atoms with Gasteiger partial charge < -0.3 is 14.4 Å². The molecule has 0 atom stereocenters. The quantitative estimate of drug-likeness (QED) is 0.339. The Morgan fingerprint density at radius 2 is 1.94 bits per heavy atom. The topological polar surface area (TPSA) is 64.3 Å². The summed E-state index contributed by atoms with van der Waals surface area (Å²) in [4.78, 5) is 16.1. The summed E-state index contributed by atoms with van der Waals surface area (Å²) in [6.07, 6.45) is 8.85. The van der Waals surface area contributed by atoms with E-state index < -0.39 is 0 Å². The van der Waals surface area contributed by atoms with Crippen LogP contribution < -0.4 is 0 Å². The molecule has 0 radical (unpaired) electrons. The largest absolute Gasteiger partial charge is 0.508 e. The Labute approximate surface area is 181 Å². The van der Waals surface area contributed by atoms with Gasteiger partial charge in [-0.15, -0.1) is 0 Å². The smallest absolute Gasteiger partial charge is 0.330 e. The van der Waals surface area contributed by atoms with Crippen LogP contribution in [0.25, 0.3) is 22.7 Å². The second-order valence-corrected chi connectivity index (χ2v) is 7.22.